The first-order chi connectivity index (χ1) is 12.8. The average molecular weight is 451 g/mol. The first-order valence-electron chi connectivity index (χ1n) is 7.84. The number of halogens is 1. The molecule has 0 aliphatic carbocycles. The molecular formula is C17H15BrN4O4S. The van der Waals surface area contributed by atoms with Crippen molar-refractivity contribution in [2.45, 2.75) is 17.9 Å². The Kier molecular flexibility index (Phi) is 5.29. The SMILES string of the molecule is C[C@H](N=C1NS(=O)(=O)c2ccccc21)C(=O)NNC(=O)c1ccccc1Br. The molecule has 0 saturated carbocycles. The van der Waals surface area contributed by atoms with E-state index in [0.29, 0.717) is 15.6 Å². The van der Waals surface area contributed by atoms with Gasteiger partial charge in [0, 0.05) is 10.0 Å². The molecule has 140 valence electrons. The van der Waals surface area contributed by atoms with Gasteiger partial charge in [0.25, 0.3) is 21.8 Å². The van der Waals surface area contributed by atoms with Crippen molar-refractivity contribution in [2.24, 2.45) is 4.99 Å². The minimum Gasteiger partial charge on any atom is -0.271 e. The molecule has 0 fully saturated rings. The summed E-state index contributed by atoms with van der Waals surface area (Å²) in [5.74, 6) is -1.00. The maximum atomic E-state index is 12.2. The Labute approximate surface area is 164 Å². The van der Waals surface area contributed by atoms with Gasteiger partial charge < -0.3 is 0 Å². The van der Waals surface area contributed by atoms with E-state index in [9.17, 15) is 18.0 Å². The number of rotatable bonds is 3. The van der Waals surface area contributed by atoms with E-state index in [1.807, 2.05) is 0 Å². The summed E-state index contributed by atoms with van der Waals surface area (Å²) in [6.45, 7) is 1.49. The van der Waals surface area contributed by atoms with Crippen LogP contribution in [0.3, 0.4) is 0 Å². The van der Waals surface area contributed by atoms with E-state index >= 15 is 0 Å². The van der Waals surface area contributed by atoms with Crippen LogP contribution in [0.1, 0.15) is 22.8 Å². The highest BCUT2D eigenvalue weighted by Gasteiger charge is 2.31. The van der Waals surface area contributed by atoms with E-state index in [0.717, 1.165) is 0 Å². The van der Waals surface area contributed by atoms with Crippen LogP contribution in [0, 0.1) is 0 Å². The minimum absolute atomic E-state index is 0.0883. The van der Waals surface area contributed by atoms with Gasteiger partial charge >= 0.3 is 0 Å². The van der Waals surface area contributed by atoms with Crippen LogP contribution in [0.25, 0.3) is 0 Å². The molecule has 3 N–H and O–H groups in total. The second-order valence-corrected chi connectivity index (χ2v) is 8.18. The van der Waals surface area contributed by atoms with E-state index in [2.05, 4.69) is 36.5 Å². The van der Waals surface area contributed by atoms with Crippen molar-refractivity contribution in [3.8, 4) is 0 Å². The summed E-state index contributed by atoms with van der Waals surface area (Å²) in [7, 11) is -3.68. The molecule has 0 bridgehead atoms. The Morgan fingerprint density at radius 1 is 1.07 bits per heavy atom. The topological polar surface area (TPSA) is 117 Å². The van der Waals surface area contributed by atoms with Crippen LogP contribution in [0.5, 0.6) is 0 Å². The molecule has 0 radical (unpaired) electrons. The number of hydrogen-bond donors (Lipinski definition) is 3. The third kappa shape index (κ3) is 4.01. The van der Waals surface area contributed by atoms with E-state index < -0.39 is 27.9 Å². The fourth-order valence-electron chi connectivity index (χ4n) is 2.42. The van der Waals surface area contributed by atoms with Crippen LogP contribution >= 0.6 is 15.9 Å². The second-order valence-electron chi connectivity index (χ2n) is 5.68. The Morgan fingerprint density at radius 3 is 2.48 bits per heavy atom. The van der Waals surface area contributed by atoms with Gasteiger partial charge in [0.1, 0.15) is 11.9 Å². The summed E-state index contributed by atoms with van der Waals surface area (Å²) >= 11 is 3.26. The van der Waals surface area contributed by atoms with Gasteiger partial charge in [0.2, 0.25) is 0 Å². The number of benzene rings is 2. The number of hydrogen-bond acceptors (Lipinski definition) is 5. The predicted molar refractivity (Wildman–Crippen MR) is 103 cm³/mol. The minimum atomic E-state index is -3.68. The summed E-state index contributed by atoms with van der Waals surface area (Å²) in [6.07, 6.45) is 0. The molecule has 1 aliphatic heterocycles. The molecule has 3 rings (SSSR count). The highest BCUT2D eigenvalue weighted by atomic mass is 79.9. The number of nitrogens with one attached hydrogen (secondary N) is 3. The lowest BCUT2D eigenvalue weighted by Gasteiger charge is -2.11. The van der Waals surface area contributed by atoms with Crippen molar-refractivity contribution in [1.82, 2.24) is 15.6 Å². The molecule has 0 aromatic heterocycles. The molecule has 2 aromatic rings. The van der Waals surface area contributed by atoms with Gasteiger partial charge in [-0.15, -0.1) is 0 Å². The van der Waals surface area contributed by atoms with E-state index in [-0.39, 0.29) is 10.7 Å². The molecule has 1 aliphatic rings. The highest BCUT2D eigenvalue weighted by Crippen LogP contribution is 2.22. The molecular weight excluding hydrogens is 436 g/mol. The van der Waals surface area contributed by atoms with Gasteiger partial charge in [-0.1, -0.05) is 24.3 Å². The highest BCUT2D eigenvalue weighted by molar-refractivity contribution is 9.10. The molecule has 2 amide bonds. The van der Waals surface area contributed by atoms with Crippen molar-refractivity contribution < 1.29 is 18.0 Å². The molecule has 1 heterocycles. The monoisotopic (exact) mass is 450 g/mol. The lowest BCUT2D eigenvalue weighted by atomic mass is 10.2. The zero-order valence-corrected chi connectivity index (χ0v) is 16.5. The van der Waals surface area contributed by atoms with Crippen LogP contribution in [0.15, 0.2) is 62.9 Å². The Balaban J connectivity index is 1.69. The van der Waals surface area contributed by atoms with Crippen LogP contribution in [-0.2, 0) is 14.8 Å². The van der Waals surface area contributed by atoms with Gasteiger partial charge in [0.05, 0.1) is 10.5 Å². The number of hydrazine groups is 1. The Hall–Kier alpha value is -2.72. The molecule has 2 aromatic carbocycles. The van der Waals surface area contributed by atoms with Crippen molar-refractivity contribution in [2.75, 3.05) is 0 Å². The summed E-state index contributed by atoms with van der Waals surface area (Å²) in [5.41, 5.74) is 5.34. The standard InChI is InChI=1S/C17H15BrN4O4S/c1-10(16(23)20-21-17(24)11-6-2-4-8-13(11)18)19-15-12-7-3-5-9-14(12)27(25,26)22-15/h2-10H,1H3,(H,19,22)(H,20,23)(H,21,24)/t10-/m0/s1. The molecule has 0 saturated heterocycles. The molecule has 8 nitrogen and oxygen atoms in total. The smallest absolute Gasteiger partial charge is 0.270 e. The molecule has 10 heteroatoms. The summed E-state index contributed by atoms with van der Waals surface area (Å²) in [5, 5.41) is 0. The maximum Gasteiger partial charge on any atom is 0.270 e. The lowest BCUT2D eigenvalue weighted by molar-refractivity contribution is -0.122. The van der Waals surface area contributed by atoms with Crippen LogP contribution in [-0.4, -0.2) is 32.1 Å². The number of sulfonamides is 1. The summed E-state index contributed by atoms with van der Waals surface area (Å²) < 4.78 is 27.0. The third-order valence-electron chi connectivity index (χ3n) is 3.78. The zero-order valence-electron chi connectivity index (χ0n) is 14.1. The normalized spacial score (nSPS) is 16.9. The van der Waals surface area contributed by atoms with Gasteiger partial charge in [-0.2, -0.15) is 0 Å². The number of nitrogens with zero attached hydrogens (tertiary/aromatic N) is 1. The van der Waals surface area contributed by atoms with Crippen molar-refractivity contribution >= 4 is 43.6 Å². The van der Waals surface area contributed by atoms with Crippen molar-refractivity contribution in [1.29, 1.82) is 0 Å². The molecule has 27 heavy (non-hydrogen) atoms. The number of aliphatic imine (C=N–C) groups is 1. The molecule has 0 unspecified atom stereocenters. The van der Waals surface area contributed by atoms with Gasteiger partial charge in [-0.25, -0.2) is 8.42 Å². The lowest BCUT2D eigenvalue weighted by Crippen LogP contribution is -2.45. The number of amidine groups is 1. The fraction of sp³-hybridized carbons (Fsp3) is 0.118. The first-order valence-corrected chi connectivity index (χ1v) is 10.1. The summed E-state index contributed by atoms with van der Waals surface area (Å²) in [4.78, 5) is 28.6. The number of fused-ring (bicyclic) bond motifs is 1. The van der Waals surface area contributed by atoms with E-state index in [1.54, 1.807) is 42.5 Å². The van der Waals surface area contributed by atoms with Gasteiger partial charge in [0.15, 0.2) is 0 Å². The first kappa shape index (κ1) is 19.1. The van der Waals surface area contributed by atoms with Crippen molar-refractivity contribution in [3.05, 3.63) is 64.1 Å². The largest absolute Gasteiger partial charge is 0.271 e. The second kappa shape index (κ2) is 7.49. The Morgan fingerprint density at radius 2 is 1.74 bits per heavy atom. The zero-order chi connectivity index (χ0) is 19.6. The Bertz CT molecular complexity index is 1050. The predicted octanol–water partition coefficient (Wildman–Crippen LogP) is 1.34. The van der Waals surface area contributed by atoms with E-state index in [4.69, 9.17) is 0 Å². The summed E-state index contributed by atoms with van der Waals surface area (Å²) in [6, 6.07) is 12.2. The average Bonchev–Trinajstić information content (AvgIpc) is 2.90. The molecule has 1 atom stereocenters. The number of amides is 2. The fourth-order valence-corrected chi connectivity index (χ4v) is 4.12. The van der Waals surface area contributed by atoms with E-state index in [1.165, 1.54) is 13.0 Å². The van der Waals surface area contributed by atoms with Crippen LogP contribution in [0.2, 0.25) is 0 Å². The number of carbonyl (C=O) groups excluding carboxylic acids is 2. The number of carbonyl (C=O) groups is 2. The third-order valence-corrected chi connectivity index (χ3v) is 5.87. The van der Waals surface area contributed by atoms with Crippen LogP contribution in [0.4, 0.5) is 0 Å². The van der Waals surface area contributed by atoms with Gasteiger partial charge in [-0.3, -0.25) is 30.2 Å². The maximum absolute atomic E-state index is 12.2. The molecule has 0 spiro atoms. The van der Waals surface area contributed by atoms with Crippen molar-refractivity contribution in [3.63, 3.8) is 0 Å². The van der Waals surface area contributed by atoms with Crippen LogP contribution < -0.4 is 15.6 Å². The van der Waals surface area contributed by atoms with Gasteiger partial charge in [-0.05, 0) is 47.1 Å². The quantitative estimate of drug-likeness (QED) is 0.611.